The van der Waals surface area contributed by atoms with Gasteiger partial charge < -0.3 is 9.84 Å². The maximum atomic E-state index is 10.6. The van der Waals surface area contributed by atoms with E-state index in [0.29, 0.717) is 19.3 Å². The van der Waals surface area contributed by atoms with E-state index in [-0.39, 0.29) is 0 Å². The molecule has 0 radical (unpaired) electrons. The van der Waals surface area contributed by atoms with Crippen molar-refractivity contribution in [1.82, 2.24) is 4.57 Å². The molecule has 1 atom stereocenters. The SMILES string of the molecule is CCCc1n(CC)c2ccccc2[n+]1C[C@@H](O)COC1CCCCC1. The molecule has 0 bridgehead atoms. The van der Waals surface area contributed by atoms with Crippen molar-refractivity contribution in [1.29, 1.82) is 0 Å². The number of imidazole rings is 1. The molecule has 1 aliphatic carbocycles. The van der Waals surface area contributed by atoms with E-state index in [0.717, 1.165) is 32.2 Å². The first-order chi connectivity index (χ1) is 12.2. The summed E-state index contributed by atoms with van der Waals surface area (Å²) in [4.78, 5) is 0. The third kappa shape index (κ3) is 4.24. The number of fused-ring (bicyclic) bond motifs is 1. The van der Waals surface area contributed by atoms with Crippen LogP contribution < -0.4 is 4.57 Å². The van der Waals surface area contributed by atoms with E-state index in [4.69, 9.17) is 4.74 Å². The van der Waals surface area contributed by atoms with Gasteiger partial charge in [-0.15, -0.1) is 0 Å². The molecule has 1 aliphatic rings. The smallest absolute Gasteiger partial charge is 0.257 e. The fourth-order valence-corrected chi connectivity index (χ4v) is 4.14. The minimum absolute atomic E-state index is 0.348. The minimum atomic E-state index is -0.460. The molecule has 0 saturated heterocycles. The van der Waals surface area contributed by atoms with Gasteiger partial charge in [0.05, 0.1) is 19.3 Å². The summed E-state index contributed by atoms with van der Waals surface area (Å²) in [6.07, 6.45) is 8.17. The number of para-hydroxylation sites is 2. The lowest BCUT2D eigenvalue weighted by atomic mass is 9.98. The van der Waals surface area contributed by atoms with Crippen LogP contribution in [-0.2, 0) is 24.2 Å². The second-order valence-corrected chi connectivity index (χ2v) is 7.26. The summed E-state index contributed by atoms with van der Waals surface area (Å²) in [7, 11) is 0. The molecule has 0 unspecified atom stereocenters. The molecule has 2 aromatic rings. The van der Waals surface area contributed by atoms with Crippen molar-refractivity contribution < 1.29 is 14.4 Å². The van der Waals surface area contributed by atoms with Gasteiger partial charge in [-0.2, -0.15) is 0 Å². The first kappa shape index (κ1) is 18.4. The molecular weight excluding hydrogens is 312 g/mol. The van der Waals surface area contributed by atoms with Gasteiger partial charge >= 0.3 is 0 Å². The lowest BCUT2D eigenvalue weighted by molar-refractivity contribution is -0.687. The topological polar surface area (TPSA) is 38.3 Å². The molecule has 1 N–H and O–H groups in total. The van der Waals surface area contributed by atoms with E-state index in [1.165, 1.54) is 36.1 Å². The Morgan fingerprint density at radius 1 is 1.20 bits per heavy atom. The summed E-state index contributed by atoms with van der Waals surface area (Å²) >= 11 is 0. The normalized spacial score (nSPS) is 17.2. The van der Waals surface area contributed by atoms with Crippen LogP contribution in [-0.4, -0.2) is 28.5 Å². The second-order valence-electron chi connectivity index (χ2n) is 7.26. The highest BCUT2D eigenvalue weighted by atomic mass is 16.5. The number of ether oxygens (including phenoxy) is 1. The van der Waals surface area contributed by atoms with Crippen molar-refractivity contribution in [2.24, 2.45) is 0 Å². The standard InChI is InChI=1S/C21H33N2O2/c1-3-10-21-22(4-2)19-13-8-9-14-20(19)23(21)15-17(24)16-25-18-11-6-5-7-12-18/h8-9,13-14,17-18,24H,3-7,10-12,15-16H2,1-2H3/q+1/t17-/m1/s1. The van der Waals surface area contributed by atoms with Crippen LogP contribution in [0.4, 0.5) is 0 Å². The van der Waals surface area contributed by atoms with Gasteiger partial charge in [-0.3, -0.25) is 0 Å². The predicted octanol–water partition coefficient (Wildman–Crippen LogP) is 3.61. The van der Waals surface area contributed by atoms with Crippen molar-refractivity contribution in [2.75, 3.05) is 6.61 Å². The van der Waals surface area contributed by atoms with Gasteiger partial charge in [-0.1, -0.05) is 38.3 Å². The Bertz CT molecular complexity index is 674. The fraction of sp³-hybridized carbons (Fsp3) is 0.667. The van der Waals surface area contributed by atoms with Gasteiger partial charge in [0.1, 0.15) is 12.6 Å². The lowest BCUT2D eigenvalue weighted by Gasteiger charge is -2.23. The Hall–Kier alpha value is -1.39. The fourth-order valence-electron chi connectivity index (χ4n) is 4.14. The zero-order chi connectivity index (χ0) is 17.6. The molecule has 4 nitrogen and oxygen atoms in total. The maximum absolute atomic E-state index is 10.6. The van der Waals surface area contributed by atoms with E-state index < -0.39 is 6.10 Å². The Kier molecular flexibility index (Phi) is 6.49. The van der Waals surface area contributed by atoms with Gasteiger partial charge in [-0.05, 0) is 38.3 Å². The molecule has 0 spiro atoms. The number of aromatic nitrogens is 2. The third-order valence-corrected chi connectivity index (χ3v) is 5.35. The van der Waals surface area contributed by atoms with Crippen LogP contribution in [0.15, 0.2) is 24.3 Å². The second kappa shape index (κ2) is 8.81. The zero-order valence-corrected chi connectivity index (χ0v) is 15.8. The van der Waals surface area contributed by atoms with Crippen LogP contribution in [0.2, 0.25) is 0 Å². The van der Waals surface area contributed by atoms with Crippen molar-refractivity contribution >= 4 is 11.0 Å². The maximum Gasteiger partial charge on any atom is 0.257 e. The molecule has 1 aromatic carbocycles. The molecule has 4 heteroatoms. The molecule has 138 valence electrons. The van der Waals surface area contributed by atoms with E-state index in [1.807, 2.05) is 0 Å². The van der Waals surface area contributed by atoms with Gasteiger partial charge in [0, 0.05) is 6.42 Å². The Morgan fingerprint density at radius 2 is 1.96 bits per heavy atom. The number of hydrogen-bond acceptors (Lipinski definition) is 2. The molecule has 1 heterocycles. The molecule has 25 heavy (non-hydrogen) atoms. The number of aliphatic hydroxyl groups excluding tert-OH is 1. The van der Waals surface area contributed by atoms with Crippen LogP contribution in [0.5, 0.6) is 0 Å². The van der Waals surface area contributed by atoms with Crippen molar-refractivity contribution in [3.63, 3.8) is 0 Å². The summed E-state index contributed by atoms with van der Waals surface area (Å²) < 4.78 is 10.7. The molecule has 0 aliphatic heterocycles. The van der Waals surface area contributed by atoms with E-state index in [9.17, 15) is 5.11 Å². The molecular formula is C21H33N2O2+. The van der Waals surface area contributed by atoms with Gasteiger partial charge in [0.15, 0.2) is 11.0 Å². The molecule has 1 saturated carbocycles. The van der Waals surface area contributed by atoms with Crippen LogP contribution >= 0.6 is 0 Å². The van der Waals surface area contributed by atoms with E-state index in [1.54, 1.807) is 0 Å². The average molecular weight is 346 g/mol. The van der Waals surface area contributed by atoms with Crippen molar-refractivity contribution in [3.8, 4) is 0 Å². The number of benzene rings is 1. The highest BCUT2D eigenvalue weighted by Gasteiger charge is 2.25. The Balaban J connectivity index is 1.76. The van der Waals surface area contributed by atoms with Crippen molar-refractivity contribution in [3.05, 3.63) is 30.1 Å². The summed E-state index contributed by atoms with van der Waals surface area (Å²) in [5.74, 6) is 1.31. The average Bonchev–Trinajstić information content (AvgIpc) is 2.94. The number of aliphatic hydroxyl groups is 1. The Morgan fingerprint density at radius 3 is 2.68 bits per heavy atom. The minimum Gasteiger partial charge on any atom is -0.387 e. The molecule has 0 amide bonds. The van der Waals surface area contributed by atoms with E-state index in [2.05, 4.69) is 47.2 Å². The van der Waals surface area contributed by atoms with Crippen LogP contribution in [0.25, 0.3) is 11.0 Å². The summed E-state index contributed by atoms with van der Waals surface area (Å²) in [6.45, 7) is 6.41. The largest absolute Gasteiger partial charge is 0.387 e. The summed E-state index contributed by atoms with van der Waals surface area (Å²) in [6, 6.07) is 8.52. The number of rotatable bonds is 8. The third-order valence-electron chi connectivity index (χ3n) is 5.35. The van der Waals surface area contributed by atoms with Crippen LogP contribution in [0.3, 0.4) is 0 Å². The predicted molar refractivity (Wildman–Crippen MR) is 101 cm³/mol. The van der Waals surface area contributed by atoms with Crippen molar-refractivity contribution in [2.45, 2.75) is 84.1 Å². The number of hydrogen-bond donors (Lipinski definition) is 1. The highest BCUT2D eigenvalue weighted by Crippen LogP contribution is 2.20. The quantitative estimate of drug-likeness (QED) is 0.742. The highest BCUT2D eigenvalue weighted by molar-refractivity contribution is 5.72. The van der Waals surface area contributed by atoms with Crippen LogP contribution in [0.1, 0.15) is 58.2 Å². The zero-order valence-electron chi connectivity index (χ0n) is 15.8. The number of aryl methyl sites for hydroxylation is 1. The summed E-state index contributed by atoms with van der Waals surface area (Å²) in [5, 5.41) is 10.6. The monoisotopic (exact) mass is 345 g/mol. The molecule has 1 aromatic heterocycles. The van der Waals surface area contributed by atoms with Gasteiger partial charge in [0.25, 0.3) is 5.82 Å². The first-order valence-corrected chi connectivity index (χ1v) is 10.0. The lowest BCUT2D eigenvalue weighted by Crippen LogP contribution is -2.45. The molecule has 1 fully saturated rings. The van der Waals surface area contributed by atoms with Crippen LogP contribution in [0, 0.1) is 0 Å². The molecule has 3 rings (SSSR count). The summed E-state index contributed by atoms with van der Waals surface area (Å²) in [5.41, 5.74) is 2.47. The number of nitrogens with zero attached hydrogens (tertiary/aromatic N) is 2. The van der Waals surface area contributed by atoms with Gasteiger partial charge in [0.2, 0.25) is 0 Å². The van der Waals surface area contributed by atoms with E-state index >= 15 is 0 Å². The Labute approximate surface area is 151 Å². The first-order valence-electron chi connectivity index (χ1n) is 10.0. The van der Waals surface area contributed by atoms with Gasteiger partial charge in [-0.25, -0.2) is 9.13 Å².